The van der Waals surface area contributed by atoms with Crippen molar-refractivity contribution in [2.75, 3.05) is 27.2 Å². The topological polar surface area (TPSA) is 123 Å². The van der Waals surface area contributed by atoms with Crippen molar-refractivity contribution in [1.82, 2.24) is 20.1 Å². The Bertz CT molecular complexity index is 1170. The van der Waals surface area contributed by atoms with E-state index in [-0.39, 0.29) is 54.9 Å². The fourth-order valence-corrected chi connectivity index (χ4v) is 6.95. The Hall–Kier alpha value is -2.82. The maximum atomic E-state index is 14.6. The van der Waals surface area contributed by atoms with Crippen LogP contribution < -0.4 is 5.32 Å². The molecule has 10 heteroatoms. The number of likely N-dealkylation sites (N-methyl/N-ethyl adjacent to an activating group) is 1. The predicted octanol–water partition coefficient (Wildman–Crippen LogP) is 4.64. The lowest BCUT2D eigenvalue weighted by Crippen LogP contribution is -2.56. The summed E-state index contributed by atoms with van der Waals surface area (Å²) in [6.45, 7) is 6.18. The number of aliphatic hydroxyl groups excluding tert-OH is 2. The number of hydrogen-bond acceptors (Lipinski definition) is 7. The van der Waals surface area contributed by atoms with E-state index in [1.807, 2.05) is 56.5 Å². The summed E-state index contributed by atoms with van der Waals surface area (Å²) in [5.74, 6) is -1.20. The van der Waals surface area contributed by atoms with Gasteiger partial charge < -0.3 is 25.3 Å². The third-order valence-electron chi connectivity index (χ3n) is 8.95. The molecule has 9 nitrogen and oxygen atoms in total. The number of thiazole rings is 1. The maximum absolute atomic E-state index is 14.6. The molecule has 0 bridgehead atoms. The van der Waals surface area contributed by atoms with Gasteiger partial charge in [-0.05, 0) is 36.2 Å². The molecule has 0 spiro atoms. The number of hydrogen-bond donors (Lipinski definition) is 3. The van der Waals surface area contributed by atoms with Gasteiger partial charge in [-0.15, -0.1) is 11.3 Å². The van der Waals surface area contributed by atoms with E-state index in [1.165, 1.54) is 21.1 Å². The molecule has 0 radical (unpaired) electrons. The first kappa shape index (κ1) is 36.6. The van der Waals surface area contributed by atoms with Crippen molar-refractivity contribution in [1.29, 1.82) is 0 Å². The van der Waals surface area contributed by atoms with Gasteiger partial charge in [-0.2, -0.15) is 0 Å². The van der Waals surface area contributed by atoms with E-state index < -0.39 is 24.2 Å². The Morgan fingerprint density at radius 2 is 1.73 bits per heavy atom. The Kier molecular flexibility index (Phi) is 14.9. The summed E-state index contributed by atoms with van der Waals surface area (Å²) in [6, 6.07) is 9.18. The largest absolute Gasteiger partial charge is 0.390 e. The standard InChI is InChI=1S/C35H54N4O5S/c1-24(2)18-30(40)34(43)29(19-26-12-8-6-9-13-26)39(23-33(42)38(4)5)35(44)28(21-32-36-16-17-45-32)20-31(41)37-22-25(3)27-14-10-7-11-15-27/h7,10-11,14-17,24-26,28-30,34,40,43H,6,8-9,12-13,18-23H2,1-5H3,(H,37,41)/t25-,28+,29+,30+,34-/m1/s1. The molecule has 3 N–H and O–H groups in total. The lowest BCUT2D eigenvalue weighted by atomic mass is 9.81. The number of amides is 3. The molecular weight excluding hydrogens is 588 g/mol. The van der Waals surface area contributed by atoms with Gasteiger partial charge in [-0.25, -0.2) is 4.98 Å². The van der Waals surface area contributed by atoms with Gasteiger partial charge in [0.25, 0.3) is 0 Å². The van der Waals surface area contributed by atoms with Crippen LogP contribution in [0.2, 0.25) is 0 Å². The lowest BCUT2D eigenvalue weighted by Gasteiger charge is -2.41. The van der Waals surface area contributed by atoms with Crippen LogP contribution in [0.1, 0.15) is 88.6 Å². The van der Waals surface area contributed by atoms with Gasteiger partial charge in [0.15, 0.2) is 0 Å². The van der Waals surface area contributed by atoms with Crippen LogP contribution in [-0.2, 0) is 20.8 Å². The van der Waals surface area contributed by atoms with E-state index in [4.69, 9.17) is 0 Å². The summed E-state index contributed by atoms with van der Waals surface area (Å²) in [6.07, 6.45) is 5.72. The van der Waals surface area contributed by atoms with Crippen molar-refractivity contribution in [3.8, 4) is 0 Å². The monoisotopic (exact) mass is 642 g/mol. The second-order valence-corrected chi connectivity index (χ2v) is 14.4. The molecule has 0 saturated heterocycles. The highest BCUT2D eigenvalue weighted by molar-refractivity contribution is 7.09. The summed E-state index contributed by atoms with van der Waals surface area (Å²) >= 11 is 1.42. The summed E-state index contributed by atoms with van der Waals surface area (Å²) in [5.41, 5.74) is 1.11. The van der Waals surface area contributed by atoms with Crippen LogP contribution in [0.25, 0.3) is 0 Å². The van der Waals surface area contributed by atoms with E-state index >= 15 is 0 Å². The lowest BCUT2D eigenvalue weighted by molar-refractivity contribution is -0.151. The van der Waals surface area contributed by atoms with Gasteiger partial charge in [0.1, 0.15) is 12.6 Å². The number of carbonyl (C=O) groups is 3. The minimum atomic E-state index is -1.23. The van der Waals surface area contributed by atoms with Crippen LogP contribution in [0, 0.1) is 17.8 Å². The van der Waals surface area contributed by atoms with Crippen LogP contribution in [0.3, 0.4) is 0 Å². The second kappa shape index (κ2) is 18.4. The molecule has 1 aliphatic rings. The first-order valence-electron chi connectivity index (χ1n) is 16.5. The highest BCUT2D eigenvalue weighted by Gasteiger charge is 2.40. The van der Waals surface area contributed by atoms with Gasteiger partial charge in [0.05, 0.1) is 23.1 Å². The minimum Gasteiger partial charge on any atom is -0.390 e. The van der Waals surface area contributed by atoms with Crippen LogP contribution in [0.5, 0.6) is 0 Å². The molecule has 250 valence electrons. The Morgan fingerprint density at radius 1 is 1.04 bits per heavy atom. The zero-order chi connectivity index (χ0) is 32.9. The first-order valence-corrected chi connectivity index (χ1v) is 17.4. The van der Waals surface area contributed by atoms with Crippen molar-refractivity contribution >= 4 is 29.1 Å². The van der Waals surface area contributed by atoms with E-state index in [0.29, 0.717) is 19.4 Å². The van der Waals surface area contributed by atoms with Crippen molar-refractivity contribution in [2.24, 2.45) is 17.8 Å². The number of nitrogens with one attached hydrogen (secondary N) is 1. The average molecular weight is 643 g/mol. The number of rotatable bonds is 17. The maximum Gasteiger partial charge on any atom is 0.241 e. The number of nitrogens with zero attached hydrogens (tertiary/aromatic N) is 3. The molecule has 3 amide bonds. The Labute approximate surface area is 273 Å². The quantitative estimate of drug-likeness (QED) is 0.231. The summed E-state index contributed by atoms with van der Waals surface area (Å²) in [5, 5.41) is 28.3. The van der Waals surface area contributed by atoms with E-state index in [1.54, 1.807) is 20.3 Å². The van der Waals surface area contributed by atoms with Gasteiger partial charge in [-0.3, -0.25) is 14.4 Å². The molecule has 5 atom stereocenters. The summed E-state index contributed by atoms with van der Waals surface area (Å²) in [4.78, 5) is 48.5. The predicted molar refractivity (Wildman–Crippen MR) is 179 cm³/mol. The molecule has 1 fully saturated rings. The molecular formula is C35H54N4O5S. The van der Waals surface area contributed by atoms with Gasteiger partial charge in [0, 0.05) is 45.1 Å². The first-order chi connectivity index (χ1) is 21.5. The smallest absolute Gasteiger partial charge is 0.241 e. The average Bonchev–Trinajstić information content (AvgIpc) is 3.54. The van der Waals surface area contributed by atoms with Gasteiger partial charge in [-0.1, -0.05) is 83.2 Å². The molecule has 0 aliphatic heterocycles. The van der Waals surface area contributed by atoms with E-state index in [0.717, 1.165) is 42.7 Å². The van der Waals surface area contributed by atoms with E-state index in [9.17, 15) is 24.6 Å². The fourth-order valence-electron chi connectivity index (χ4n) is 6.25. The molecule has 1 aliphatic carbocycles. The van der Waals surface area contributed by atoms with Crippen LogP contribution in [-0.4, -0.2) is 88.2 Å². The molecule has 1 saturated carbocycles. The molecule has 1 aromatic heterocycles. The number of benzene rings is 1. The highest BCUT2D eigenvalue weighted by Crippen LogP contribution is 2.32. The number of aliphatic hydroxyl groups is 2. The molecule has 45 heavy (non-hydrogen) atoms. The Morgan fingerprint density at radius 3 is 2.33 bits per heavy atom. The molecule has 3 rings (SSSR count). The van der Waals surface area contributed by atoms with Crippen LogP contribution in [0.4, 0.5) is 0 Å². The van der Waals surface area contributed by atoms with Gasteiger partial charge >= 0.3 is 0 Å². The van der Waals surface area contributed by atoms with Crippen LogP contribution >= 0.6 is 11.3 Å². The van der Waals surface area contributed by atoms with Gasteiger partial charge in [0.2, 0.25) is 17.7 Å². The normalized spacial score (nSPS) is 17.2. The second-order valence-electron chi connectivity index (χ2n) is 13.4. The number of aromatic nitrogens is 1. The third kappa shape index (κ3) is 11.8. The molecule has 1 aromatic carbocycles. The summed E-state index contributed by atoms with van der Waals surface area (Å²) < 4.78 is 0. The fraction of sp³-hybridized carbons (Fsp3) is 0.657. The SMILES string of the molecule is CC(C)C[C@H](O)[C@H](O)[C@H](CC1CCCCC1)N(CC(=O)N(C)C)C(=O)[C@@H](CC(=O)NC[C@@H](C)c1ccccc1)Cc1nccs1. The minimum absolute atomic E-state index is 0.0760. The van der Waals surface area contributed by atoms with Crippen molar-refractivity contribution in [3.05, 3.63) is 52.5 Å². The zero-order valence-electron chi connectivity index (χ0n) is 27.7. The van der Waals surface area contributed by atoms with Crippen molar-refractivity contribution < 1.29 is 24.6 Å². The molecule has 0 unspecified atom stereocenters. The summed E-state index contributed by atoms with van der Waals surface area (Å²) in [7, 11) is 3.28. The van der Waals surface area contributed by atoms with E-state index in [2.05, 4.69) is 10.3 Å². The van der Waals surface area contributed by atoms with Crippen LogP contribution in [0.15, 0.2) is 41.9 Å². The Balaban J connectivity index is 1.91. The van der Waals surface area contributed by atoms with Crippen molar-refractivity contribution in [3.63, 3.8) is 0 Å². The molecule has 1 heterocycles. The highest BCUT2D eigenvalue weighted by atomic mass is 32.1. The number of carbonyl (C=O) groups excluding carboxylic acids is 3. The third-order valence-corrected chi connectivity index (χ3v) is 9.75. The van der Waals surface area contributed by atoms with Crippen molar-refractivity contribution in [2.45, 2.75) is 103 Å². The molecule has 2 aromatic rings. The zero-order valence-corrected chi connectivity index (χ0v) is 28.5.